The largest absolute Gasteiger partial charge is 0.465 e. The second kappa shape index (κ2) is 4.89. The van der Waals surface area contributed by atoms with Gasteiger partial charge in [-0.15, -0.1) is 11.8 Å². The molecule has 0 amide bonds. The lowest BCUT2D eigenvalue weighted by Gasteiger charge is -2.11. The maximum Gasteiger partial charge on any atom is 0.341 e. The number of fused-ring (bicyclic) bond motifs is 1. The third kappa shape index (κ3) is 2.47. The van der Waals surface area contributed by atoms with Crippen molar-refractivity contribution >= 4 is 28.8 Å². The summed E-state index contributed by atoms with van der Waals surface area (Å²) < 4.78 is 10.6. The van der Waals surface area contributed by atoms with Gasteiger partial charge in [-0.2, -0.15) is 0 Å². The van der Waals surface area contributed by atoms with Crippen molar-refractivity contribution in [1.29, 1.82) is 0 Å². The molecular formula is C14H17NO3S. The molecule has 5 heteroatoms. The predicted molar refractivity (Wildman–Crippen MR) is 75.8 cm³/mol. The molecule has 2 rings (SSSR count). The van der Waals surface area contributed by atoms with E-state index in [1.54, 1.807) is 17.8 Å². The average molecular weight is 279 g/mol. The smallest absolute Gasteiger partial charge is 0.341 e. The number of esters is 1. The van der Waals surface area contributed by atoms with Gasteiger partial charge in [0.1, 0.15) is 11.1 Å². The van der Waals surface area contributed by atoms with Gasteiger partial charge in [0.05, 0.1) is 7.11 Å². The molecule has 0 bridgehead atoms. The van der Waals surface area contributed by atoms with Crippen LogP contribution in [-0.4, -0.2) is 24.3 Å². The molecule has 19 heavy (non-hydrogen) atoms. The molecule has 0 aliphatic heterocycles. The first kappa shape index (κ1) is 13.9. The zero-order valence-corrected chi connectivity index (χ0v) is 12.6. The zero-order chi connectivity index (χ0) is 14.2. The van der Waals surface area contributed by atoms with Crippen LogP contribution in [0.1, 0.15) is 37.0 Å². The zero-order valence-electron chi connectivity index (χ0n) is 11.7. The van der Waals surface area contributed by atoms with Crippen molar-refractivity contribution in [3.8, 4) is 0 Å². The van der Waals surface area contributed by atoms with Gasteiger partial charge in [0.2, 0.25) is 5.89 Å². The summed E-state index contributed by atoms with van der Waals surface area (Å²) in [7, 11) is 1.36. The highest BCUT2D eigenvalue weighted by Crippen LogP contribution is 2.33. The third-order valence-electron chi connectivity index (χ3n) is 2.77. The van der Waals surface area contributed by atoms with Crippen LogP contribution in [0.4, 0.5) is 0 Å². The number of nitrogens with zero attached hydrogens (tertiary/aromatic N) is 1. The summed E-state index contributed by atoms with van der Waals surface area (Å²) in [6.07, 6.45) is 1.97. The first-order valence-electron chi connectivity index (χ1n) is 5.95. The lowest BCUT2D eigenvalue weighted by Crippen LogP contribution is -2.11. The molecule has 0 atom stereocenters. The highest BCUT2D eigenvalue weighted by Gasteiger charge is 2.25. The highest BCUT2D eigenvalue weighted by molar-refractivity contribution is 7.98. The molecule has 0 N–H and O–H groups in total. The van der Waals surface area contributed by atoms with Gasteiger partial charge >= 0.3 is 5.97 Å². The number of methoxy groups -OCH3 is 1. The lowest BCUT2D eigenvalue weighted by atomic mass is 9.97. The molecule has 102 valence electrons. The van der Waals surface area contributed by atoms with E-state index in [4.69, 9.17) is 9.15 Å². The summed E-state index contributed by atoms with van der Waals surface area (Å²) in [5, 5.41) is 0. The van der Waals surface area contributed by atoms with Gasteiger partial charge in [0, 0.05) is 10.3 Å². The Hall–Kier alpha value is -1.49. The minimum atomic E-state index is -0.408. The Morgan fingerprint density at radius 1 is 1.37 bits per heavy atom. The molecule has 0 aliphatic rings. The number of rotatable bonds is 2. The number of hydrogen-bond donors (Lipinski definition) is 0. The van der Waals surface area contributed by atoms with Crippen molar-refractivity contribution in [1.82, 2.24) is 4.98 Å². The SMILES string of the molecule is COC(=O)c1ccc(SC)c2nc(C(C)(C)C)oc12. The highest BCUT2D eigenvalue weighted by atomic mass is 32.2. The molecule has 1 heterocycles. The van der Waals surface area contributed by atoms with Crippen molar-refractivity contribution < 1.29 is 13.9 Å². The summed E-state index contributed by atoms with van der Waals surface area (Å²) in [6, 6.07) is 3.59. The number of aromatic nitrogens is 1. The number of ether oxygens (including phenoxy) is 1. The molecule has 0 radical (unpaired) electrons. The number of thioether (sulfide) groups is 1. The lowest BCUT2D eigenvalue weighted by molar-refractivity contribution is 0.0601. The minimum absolute atomic E-state index is 0.206. The van der Waals surface area contributed by atoms with Crippen molar-refractivity contribution in [3.63, 3.8) is 0 Å². The van der Waals surface area contributed by atoms with E-state index in [0.717, 1.165) is 10.4 Å². The van der Waals surface area contributed by atoms with Gasteiger partial charge in [0.25, 0.3) is 0 Å². The van der Waals surface area contributed by atoms with E-state index in [9.17, 15) is 4.79 Å². The van der Waals surface area contributed by atoms with Gasteiger partial charge in [-0.1, -0.05) is 20.8 Å². The Labute approximate surface area is 116 Å². The van der Waals surface area contributed by atoms with Crippen LogP contribution in [0.15, 0.2) is 21.4 Å². The van der Waals surface area contributed by atoms with Crippen molar-refractivity contribution in [2.75, 3.05) is 13.4 Å². The van der Waals surface area contributed by atoms with Gasteiger partial charge < -0.3 is 9.15 Å². The first-order valence-corrected chi connectivity index (χ1v) is 7.17. The molecule has 0 aliphatic carbocycles. The molecule has 1 aromatic heterocycles. The second-order valence-corrected chi connectivity index (χ2v) is 6.10. The third-order valence-corrected chi connectivity index (χ3v) is 3.54. The Kier molecular flexibility index (Phi) is 3.58. The average Bonchev–Trinajstić information content (AvgIpc) is 2.81. The van der Waals surface area contributed by atoms with E-state index in [-0.39, 0.29) is 5.41 Å². The van der Waals surface area contributed by atoms with Gasteiger partial charge in [-0.3, -0.25) is 0 Å². The number of carbonyl (C=O) groups is 1. The number of hydrogen-bond acceptors (Lipinski definition) is 5. The Bertz CT molecular complexity index is 625. The normalized spacial score (nSPS) is 11.8. The van der Waals surface area contributed by atoms with Crippen LogP contribution in [0, 0.1) is 0 Å². The molecule has 0 unspecified atom stereocenters. The Morgan fingerprint density at radius 3 is 2.58 bits per heavy atom. The Morgan fingerprint density at radius 2 is 2.05 bits per heavy atom. The summed E-state index contributed by atoms with van der Waals surface area (Å²) >= 11 is 1.58. The second-order valence-electron chi connectivity index (χ2n) is 5.25. The van der Waals surface area contributed by atoms with Crippen LogP contribution in [0.5, 0.6) is 0 Å². The van der Waals surface area contributed by atoms with Crippen LogP contribution in [0.2, 0.25) is 0 Å². The molecule has 1 aromatic carbocycles. The fraction of sp³-hybridized carbons (Fsp3) is 0.429. The van der Waals surface area contributed by atoms with Crippen molar-refractivity contribution in [2.24, 2.45) is 0 Å². The summed E-state index contributed by atoms with van der Waals surface area (Å²) in [6.45, 7) is 6.07. The quantitative estimate of drug-likeness (QED) is 0.620. The van der Waals surface area contributed by atoms with Crippen LogP contribution >= 0.6 is 11.8 Å². The molecule has 0 fully saturated rings. The maximum absolute atomic E-state index is 11.8. The van der Waals surface area contributed by atoms with Gasteiger partial charge in [-0.05, 0) is 18.4 Å². The van der Waals surface area contributed by atoms with Crippen molar-refractivity contribution in [2.45, 2.75) is 31.1 Å². The van der Waals surface area contributed by atoms with Crippen LogP contribution in [0.3, 0.4) is 0 Å². The monoisotopic (exact) mass is 279 g/mol. The fourth-order valence-electron chi connectivity index (χ4n) is 1.74. The van der Waals surface area contributed by atoms with Gasteiger partial charge in [-0.25, -0.2) is 9.78 Å². The number of benzene rings is 1. The van der Waals surface area contributed by atoms with E-state index in [2.05, 4.69) is 4.98 Å². The summed E-state index contributed by atoms with van der Waals surface area (Å²) in [4.78, 5) is 17.3. The van der Waals surface area contributed by atoms with E-state index in [1.165, 1.54) is 7.11 Å². The number of oxazole rings is 1. The van der Waals surface area contributed by atoms with Crippen LogP contribution < -0.4 is 0 Å². The predicted octanol–water partition coefficient (Wildman–Crippen LogP) is 3.63. The van der Waals surface area contributed by atoms with Crippen molar-refractivity contribution in [3.05, 3.63) is 23.6 Å². The van der Waals surface area contributed by atoms with E-state index in [0.29, 0.717) is 17.0 Å². The molecule has 2 aromatic rings. The van der Waals surface area contributed by atoms with E-state index >= 15 is 0 Å². The van der Waals surface area contributed by atoms with Crippen LogP contribution in [-0.2, 0) is 10.2 Å². The fourth-order valence-corrected chi connectivity index (χ4v) is 2.28. The van der Waals surface area contributed by atoms with Gasteiger partial charge in [0.15, 0.2) is 5.58 Å². The Balaban J connectivity index is 2.74. The van der Waals surface area contributed by atoms with E-state index < -0.39 is 5.97 Å². The topological polar surface area (TPSA) is 52.3 Å². The molecule has 4 nitrogen and oxygen atoms in total. The van der Waals surface area contributed by atoms with Crippen LogP contribution in [0.25, 0.3) is 11.1 Å². The summed E-state index contributed by atoms with van der Waals surface area (Å²) in [5.74, 6) is 0.211. The standard InChI is InChI=1S/C14H17NO3S/c1-14(2,3)13-15-10-9(19-5)7-6-8(11(10)18-13)12(16)17-4/h6-7H,1-5H3. The first-order chi connectivity index (χ1) is 8.88. The molecular weight excluding hydrogens is 262 g/mol. The molecule has 0 saturated carbocycles. The maximum atomic E-state index is 11.8. The molecule has 0 saturated heterocycles. The summed E-state index contributed by atoms with van der Waals surface area (Å²) in [5.41, 5.74) is 1.43. The number of carbonyl (C=O) groups excluding carboxylic acids is 1. The molecule has 0 spiro atoms. The van der Waals surface area contributed by atoms with E-state index in [1.807, 2.05) is 33.1 Å². The minimum Gasteiger partial charge on any atom is -0.465 e.